The molecule has 1 aliphatic rings. The SMILES string of the molecule is O=C(COc1ccc(Cl)cc1[N+](=O)[O-])N1CCN(C(=O)c2ccco2)CC1. The summed E-state index contributed by atoms with van der Waals surface area (Å²) in [4.78, 5) is 38.1. The van der Waals surface area contributed by atoms with Crippen LogP contribution in [-0.4, -0.2) is 59.3 Å². The number of carbonyl (C=O) groups excluding carboxylic acids is 2. The van der Waals surface area contributed by atoms with Crippen LogP contribution in [0.2, 0.25) is 5.02 Å². The Balaban J connectivity index is 1.53. The number of rotatable bonds is 5. The molecule has 0 spiro atoms. The summed E-state index contributed by atoms with van der Waals surface area (Å²) < 4.78 is 10.4. The molecule has 27 heavy (non-hydrogen) atoms. The molecule has 0 radical (unpaired) electrons. The topological polar surface area (TPSA) is 106 Å². The Morgan fingerprint density at radius 3 is 2.52 bits per heavy atom. The Bertz CT molecular complexity index is 846. The second-order valence-electron chi connectivity index (χ2n) is 5.81. The number of halogens is 1. The average Bonchev–Trinajstić information content (AvgIpc) is 3.21. The first-order valence-electron chi connectivity index (χ1n) is 8.13. The predicted molar refractivity (Wildman–Crippen MR) is 94.8 cm³/mol. The third-order valence-corrected chi connectivity index (χ3v) is 4.36. The normalized spacial score (nSPS) is 14.1. The maximum absolute atomic E-state index is 12.3. The van der Waals surface area contributed by atoms with Crippen LogP contribution in [0.1, 0.15) is 10.6 Å². The molecule has 9 nitrogen and oxygen atoms in total. The number of piperazine rings is 1. The van der Waals surface area contributed by atoms with Gasteiger partial charge in [0.15, 0.2) is 18.1 Å². The summed E-state index contributed by atoms with van der Waals surface area (Å²) >= 11 is 5.75. The van der Waals surface area contributed by atoms with Crippen LogP contribution < -0.4 is 4.74 Å². The molecule has 2 amide bonds. The number of furan rings is 1. The lowest BCUT2D eigenvalue weighted by molar-refractivity contribution is -0.385. The average molecular weight is 394 g/mol. The second kappa shape index (κ2) is 8.09. The molecular weight excluding hydrogens is 378 g/mol. The minimum atomic E-state index is -0.620. The lowest BCUT2D eigenvalue weighted by Gasteiger charge is -2.34. The van der Waals surface area contributed by atoms with Crippen molar-refractivity contribution in [2.24, 2.45) is 0 Å². The number of nitro benzene ring substituents is 1. The highest BCUT2D eigenvalue weighted by Crippen LogP contribution is 2.29. The van der Waals surface area contributed by atoms with Crippen LogP contribution in [-0.2, 0) is 4.79 Å². The maximum atomic E-state index is 12.3. The Morgan fingerprint density at radius 1 is 1.19 bits per heavy atom. The third-order valence-electron chi connectivity index (χ3n) is 4.12. The molecule has 0 N–H and O–H groups in total. The van der Waals surface area contributed by atoms with Gasteiger partial charge in [-0.25, -0.2) is 0 Å². The van der Waals surface area contributed by atoms with E-state index in [1.807, 2.05) is 0 Å². The fourth-order valence-corrected chi connectivity index (χ4v) is 2.87. The Kier molecular flexibility index (Phi) is 5.60. The van der Waals surface area contributed by atoms with E-state index in [1.165, 1.54) is 24.5 Å². The van der Waals surface area contributed by atoms with Gasteiger partial charge in [0.05, 0.1) is 11.2 Å². The van der Waals surface area contributed by atoms with Crippen molar-refractivity contribution in [2.45, 2.75) is 0 Å². The maximum Gasteiger partial charge on any atom is 0.312 e. The molecule has 0 unspecified atom stereocenters. The highest BCUT2D eigenvalue weighted by Gasteiger charge is 2.26. The van der Waals surface area contributed by atoms with Crippen molar-refractivity contribution in [3.05, 3.63) is 57.5 Å². The zero-order valence-corrected chi connectivity index (χ0v) is 14.9. The Labute approximate surface area is 159 Å². The summed E-state index contributed by atoms with van der Waals surface area (Å²) in [6.07, 6.45) is 1.43. The van der Waals surface area contributed by atoms with E-state index in [1.54, 1.807) is 21.9 Å². The molecule has 1 saturated heterocycles. The monoisotopic (exact) mass is 393 g/mol. The molecule has 1 aromatic heterocycles. The van der Waals surface area contributed by atoms with E-state index in [9.17, 15) is 19.7 Å². The van der Waals surface area contributed by atoms with Gasteiger partial charge in [0.2, 0.25) is 0 Å². The van der Waals surface area contributed by atoms with Gasteiger partial charge in [0, 0.05) is 37.3 Å². The smallest absolute Gasteiger partial charge is 0.312 e. The van der Waals surface area contributed by atoms with Crippen molar-refractivity contribution >= 4 is 29.1 Å². The Hall–Kier alpha value is -3.07. The quantitative estimate of drug-likeness (QED) is 0.569. The molecule has 3 rings (SSSR count). The molecular formula is C17H16ClN3O6. The number of hydrogen-bond donors (Lipinski definition) is 0. The third kappa shape index (κ3) is 4.37. The number of ether oxygens (including phenoxy) is 1. The summed E-state index contributed by atoms with van der Waals surface area (Å²) in [5.74, 6) is -0.304. The van der Waals surface area contributed by atoms with Crippen LogP contribution in [0.15, 0.2) is 41.0 Å². The molecule has 0 bridgehead atoms. The van der Waals surface area contributed by atoms with E-state index >= 15 is 0 Å². The number of carbonyl (C=O) groups is 2. The van der Waals surface area contributed by atoms with E-state index in [4.69, 9.17) is 20.8 Å². The van der Waals surface area contributed by atoms with Crippen molar-refractivity contribution in [3.8, 4) is 5.75 Å². The summed E-state index contributed by atoms with van der Waals surface area (Å²) in [5, 5.41) is 11.3. The molecule has 2 aromatic rings. The highest BCUT2D eigenvalue weighted by molar-refractivity contribution is 6.30. The van der Waals surface area contributed by atoms with Crippen LogP contribution >= 0.6 is 11.6 Å². The first-order valence-corrected chi connectivity index (χ1v) is 8.51. The molecule has 0 atom stereocenters. The molecule has 0 aliphatic carbocycles. The standard InChI is InChI=1S/C17H16ClN3O6/c18-12-3-4-14(13(10-12)21(24)25)27-11-16(22)19-5-7-20(8-6-19)17(23)15-2-1-9-26-15/h1-4,9-10H,5-8,11H2. The molecule has 10 heteroatoms. The zero-order chi connectivity index (χ0) is 19.4. The van der Waals surface area contributed by atoms with Gasteiger partial charge >= 0.3 is 5.69 Å². The second-order valence-corrected chi connectivity index (χ2v) is 6.24. The minimum absolute atomic E-state index is 0.0237. The first-order chi connectivity index (χ1) is 13.0. The summed E-state index contributed by atoms with van der Waals surface area (Å²) in [6.45, 7) is 1.09. The van der Waals surface area contributed by atoms with E-state index in [-0.39, 0.29) is 40.6 Å². The largest absolute Gasteiger partial charge is 0.477 e. The lowest BCUT2D eigenvalue weighted by atomic mass is 10.2. The van der Waals surface area contributed by atoms with Gasteiger partial charge in [0.25, 0.3) is 11.8 Å². The molecule has 142 valence electrons. The number of nitrogens with zero attached hydrogens (tertiary/aromatic N) is 3. The first kappa shape index (κ1) is 18.7. The van der Waals surface area contributed by atoms with Crippen LogP contribution in [0.5, 0.6) is 5.75 Å². The van der Waals surface area contributed by atoms with Crippen molar-refractivity contribution in [1.29, 1.82) is 0 Å². The molecule has 2 heterocycles. The van der Waals surface area contributed by atoms with Crippen molar-refractivity contribution in [3.63, 3.8) is 0 Å². The number of benzene rings is 1. The van der Waals surface area contributed by atoms with Crippen molar-refractivity contribution in [1.82, 2.24) is 9.80 Å². The van der Waals surface area contributed by atoms with Gasteiger partial charge < -0.3 is 19.0 Å². The zero-order valence-electron chi connectivity index (χ0n) is 14.2. The summed E-state index contributed by atoms with van der Waals surface area (Å²) in [6, 6.07) is 7.20. The summed E-state index contributed by atoms with van der Waals surface area (Å²) in [7, 11) is 0. The van der Waals surface area contributed by atoms with Gasteiger partial charge in [-0.05, 0) is 24.3 Å². The number of nitro groups is 1. The van der Waals surface area contributed by atoms with E-state index in [2.05, 4.69) is 0 Å². The van der Waals surface area contributed by atoms with E-state index in [0.717, 1.165) is 0 Å². The fourth-order valence-electron chi connectivity index (χ4n) is 2.70. The number of hydrogen-bond acceptors (Lipinski definition) is 6. The van der Waals surface area contributed by atoms with Gasteiger partial charge in [-0.3, -0.25) is 19.7 Å². The molecule has 1 aliphatic heterocycles. The van der Waals surface area contributed by atoms with Crippen LogP contribution in [0.3, 0.4) is 0 Å². The van der Waals surface area contributed by atoms with E-state index in [0.29, 0.717) is 26.2 Å². The molecule has 1 aromatic carbocycles. The fraction of sp³-hybridized carbons (Fsp3) is 0.294. The Morgan fingerprint density at radius 2 is 1.89 bits per heavy atom. The van der Waals surface area contributed by atoms with Crippen LogP contribution in [0.4, 0.5) is 5.69 Å². The van der Waals surface area contributed by atoms with Crippen LogP contribution in [0.25, 0.3) is 0 Å². The number of amides is 2. The van der Waals surface area contributed by atoms with Gasteiger partial charge in [-0.2, -0.15) is 0 Å². The minimum Gasteiger partial charge on any atom is -0.477 e. The van der Waals surface area contributed by atoms with Gasteiger partial charge in [-0.1, -0.05) is 11.6 Å². The van der Waals surface area contributed by atoms with Gasteiger partial charge in [0.1, 0.15) is 0 Å². The summed E-state index contributed by atoms with van der Waals surface area (Å²) in [5.41, 5.74) is -0.302. The highest BCUT2D eigenvalue weighted by atomic mass is 35.5. The van der Waals surface area contributed by atoms with Crippen LogP contribution in [0, 0.1) is 10.1 Å². The lowest BCUT2D eigenvalue weighted by Crippen LogP contribution is -2.51. The van der Waals surface area contributed by atoms with E-state index < -0.39 is 4.92 Å². The molecule has 1 fully saturated rings. The van der Waals surface area contributed by atoms with Crippen molar-refractivity contribution < 1.29 is 23.7 Å². The van der Waals surface area contributed by atoms with Crippen molar-refractivity contribution in [2.75, 3.05) is 32.8 Å². The predicted octanol–water partition coefficient (Wildman–Crippen LogP) is 2.20. The molecule has 0 saturated carbocycles. The van der Waals surface area contributed by atoms with Gasteiger partial charge in [-0.15, -0.1) is 0 Å².